The second-order valence-electron chi connectivity index (χ2n) is 11.3. The van der Waals surface area contributed by atoms with Crippen molar-refractivity contribution in [2.75, 3.05) is 13.2 Å². The number of benzene rings is 2. The van der Waals surface area contributed by atoms with Gasteiger partial charge in [-0.15, -0.1) is 0 Å². The first kappa shape index (κ1) is 27.5. The minimum atomic E-state index is -0.495. The molecule has 37 heavy (non-hydrogen) atoms. The Morgan fingerprint density at radius 3 is 2.05 bits per heavy atom. The van der Waals surface area contributed by atoms with Crippen molar-refractivity contribution in [1.82, 2.24) is 5.32 Å². The molecule has 1 unspecified atom stereocenters. The van der Waals surface area contributed by atoms with Crippen LogP contribution in [0.4, 0.5) is 0 Å². The summed E-state index contributed by atoms with van der Waals surface area (Å²) in [6.07, 6.45) is 10.9. The third-order valence-electron chi connectivity index (χ3n) is 8.71. The molecule has 2 saturated carbocycles. The zero-order valence-corrected chi connectivity index (χ0v) is 22.1. The van der Waals surface area contributed by atoms with Crippen LogP contribution in [0.3, 0.4) is 0 Å². The highest BCUT2D eigenvalue weighted by atomic mass is 16.5. The van der Waals surface area contributed by atoms with Crippen molar-refractivity contribution >= 4 is 11.8 Å². The smallest absolute Gasteiger partial charge is 0.309 e. The molecule has 0 saturated heterocycles. The Labute approximate surface area is 222 Å². The van der Waals surface area contributed by atoms with Crippen molar-refractivity contribution in [2.24, 2.45) is 11.3 Å². The summed E-state index contributed by atoms with van der Waals surface area (Å²) in [5.74, 6) is -0.331. The average Bonchev–Trinajstić information content (AvgIpc) is 3.44. The number of ether oxygens (including phenoxy) is 1. The van der Waals surface area contributed by atoms with Gasteiger partial charge in [0.15, 0.2) is 5.78 Å². The lowest BCUT2D eigenvalue weighted by molar-refractivity contribution is -0.152. The van der Waals surface area contributed by atoms with Gasteiger partial charge in [-0.3, -0.25) is 9.59 Å². The van der Waals surface area contributed by atoms with Crippen LogP contribution in [-0.4, -0.2) is 35.5 Å². The largest absolute Gasteiger partial charge is 0.461 e. The van der Waals surface area contributed by atoms with Gasteiger partial charge in [0, 0.05) is 11.0 Å². The molecular formula is C32H43NO4. The number of hydrogen-bond acceptors (Lipinski definition) is 5. The SMILES string of the molecule is O=C(OCc1ccccc1)C(CCc1ccccc1)CC1(C(=O)CNC2(CO)CCCCC2)CCCC1. The van der Waals surface area contributed by atoms with Crippen LogP contribution in [0, 0.1) is 11.3 Å². The molecule has 2 N–H and O–H groups in total. The van der Waals surface area contributed by atoms with E-state index in [1.165, 1.54) is 12.0 Å². The van der Waals surface area contributed by atoms with Crippen LogP contribution in [0.25, 0.3) is 0 Å². The van der Waals surface area contributed by atoms with Crippen molar-refractivity contribution in [1.29, 1.82) is 0 Å². The summed E-state index contributed by atoms with van der Waals surface area (Å²) in [6, 6.07) is 20.0. The minimum Gasteiger partial charge on any atom is -0.461 e. The fourth-order valence-electron chi connectivity index (χ4n) is 6.33. The molecule has 2 aliphatic rings. The van der Waals surface area contributed by atoms with Crippen LogP contribution in [0.2, 0.25) is 0 Å². The number of aliphatic hydroxyl groups is 1. The van der Waals surface area contributed by atoms with Crippen molar-refractivity contribution in [3.8, 4) is 0 Å². The molecule has 2 fully saturated rings. The molecule has 0 radical (unpaired) electrons. The van der Waals surface area contributed by atoms with Crippen LogP contribution < -0.4 is 5.32 Å². The third-order valence-corrected chi connectivity index (χ3v) is 8.71. The first-order chi connectivity index (χ1) is 18.0. The quantitative estimate of drug-likeness (QED) is 0.337. The van der Waals surface area contributed by atoms with Crippen LogP contribution in [0.15, 0.2) is 60.7 Å². The average molecular weight is 506 g/mol. The maximum absolute atomic E-state index is 13.8. The van der Waals surface area contributed by atoms with Gasteiger partial charge in [-0.2, -0.15) is 0 Å². The summed E-state index contributed by atoms with van der Waals surface area (Å²) in [7, 11) is 0. The normalized spacial score (nSPS) is 19.3. The van der Waals surface area contributed by atoms with Crippen LogP contribution in [0.1, 0.15) is 81.8 Å². The lowest BCUT2D eigenvalue weighted by Crippen LogP contribution is -2.53. The number of aliphatic hydroxyl groups excluding tert-OH is 1. The van der Waals surface area contributed by atoms with E-state index in [0.29, 0.717) is 12.8 Å². The van der Waals surface area contributed by atoms with E-state index in [9.17, 15) is 14.7 Å². The van der Waals surface area contributed by atoms with Gasteiger partial charge in [-0.05, 0) is 56.1 Å². The molecular weight excluding hydrogens is 462 g/mol. The lowest BCUT2D eigenvalue weighted by atomic mass is 9.72. The Hall–Kier alpha value is -2.50. The van der Waals surface area contributed by atoms with Crippen LogP contribution >= 0.6 is 0 Å². The predicted octanol–water partition coefficient (Wildman–Crippen LogP) is 5.78. The highest BCUT2D eigenvalue weighted by Gasteiger charge is 2.44. The molecule has 0 amide bonds. The van der Waals surface area contributed by atoms with Crippen LogP contribution in [-0.2, 0) is 27.4 Å². The van der Waals surface area contributed by atoms with E-state index in [2.05, 4.69) is 17.4 Å². The fraction of sp³-hybridized carbons (Fsp3) is 0.562. The summed E-state index contributed by atoms with van der Waals surface area (Å²) in [5.41, 5.74) is 1.33. The Morgan fingerprint density at radius 1 is 0.838 bits per heavy atom. The summed E-state index contributed by atoms with van der Waals surface area (Å²) >= 11 is 0. The number of aryl methyl sites for hydroxylation is 1. The minimum absolute atomic E-state index is 0.0682. The fourth-order valence-corrected chi connectivity index (χ4v) is 6.33. The third kappa shape index (κ3) is 7.52. The first-order valence-electron chi connectivity index (χ1n) is 14.2. The Morgan fingerprint density at radius 2 is 1.43 bits per heavy atom. The number of rotatable bonds is 13. The summed E-state index contributed by atoms with van der Waals surface area (Å²) in [4.78, 5) is 27.2. The topological polar surface area (TPSA) is 75.6 Å². The van der Waals surface area contributed by atoms with Gasteiger partial charge in [0.1, 0.15) is 6.61 Å². The molecule has 200 valence electrons. The van der Waals surface area contributed by atoms with Crippen molar-refractivity contribution in [3.05, 3.63) is 71.8 Å². The number of Topliss-reactive ketones (excluding diaryl/α,β-unsaturated/α-hetero) is 1. The monoisotopic (exact) mass is 505 g/mol. The van der Waals surface area contributed by atoms with Crippen molar-refractivity contribution in [3.63, 3.8) is 0 Å². The van der Waals surface area contributed by atoms with Gasteiger partial charge in [0.25, 0.3) is 0 Å². The Balaban J connectivity index is 1.45. The van der Waals surface area contributed by atoms with E-state index in [1.54, 1.807) is 0 Å². The highest BCUT2D eigenvalue weighted by Crippen LogP contribution is 2.45. The molecule has 0 aliphatic heterocycles. The highest BCUT2D eigenvalue weighted by molar-refractivity contribution is 5.87. The molecule has 2 aromatic carbocycles. The molecule has 0 heterocycles. The van der Waals surface area contributed by atoms with E-state index in [0.717, 1.165) is 63.4 Å². The molecule has 5 nitrogen and oxygen atoms in total. The van der Waals surface area contributed by atoms with E-state index in [-0.39, 0.29) is 43.0 Å². The van der Waals surface area contributed by atoms with E-state index < -0.39 is 5.41 Å². The van der Waals surface area contributed by atoms with Crippen LogP contribution in [0.5, 0.6) is 0 Å². The predicted molar refractivity (Wildman–Crippen MR) is 146 cm³/mol. The first-order valence-corrected chi connectivity index (χ1v) is 14.2. The summed E-state index contributed by atoms with van der Waals surface area (Å²) in [6.45, 7) is 0.590. The number of nitrogens with one attached hydrogen (secondary N) is 1. The number of ketones is 1. The zero-order valence-electron chi connectivity index (χ0n) is 22.1. The number of hydrogen-bond donors (Lipinski definition) is 2. The van der Waals surface area contributed by atoms with Gasteiger partial charge in [0.05, 0.1) is 19.1 Å². The molecule has 0 aromatic heterocycles. The second-order valence-corrected chi connectivity index (χ2v) is 11.3. The molecule has 0 bridgehead atoms. The second kappa shape index (κ2) is 13.3. The maximum atomic E-state index is 13.8. The van der Waals surface area contributed by atoms with Gasteiger partial charge < -0.3 is 15.2 Å². The van der Waals surface area contributed by atoms with Crippen molar-refractivity contribution < 1.29 is 19.4 Å². The maximum Gasteiger partial charge on any atom is 0.309 e. The molecule has 2 aromatic rings. The molecule has 4 rings (SSSR count). The Bertz CT molecular complexity index is 978. The summed E-state index contributed by atoms with van der Waals surface area (Å²) in [5, 5.41) is 13.6. The summed E-state index contributed by atoms with van der Waals surface area (Å²) < 4.78 is 5.80. The van der Waals surface area contributed by atoms with Gasteiger partial charge in [0.2, 0.25) is 0 Å². The van der Waals surface area contributed by atoms with Gasteiger partial charge in [-0.25, -0.2) is 0 Å². The molecule has 1 atom stereocenters. The van der Waals surface area contributed by atoms with E-state index in [4.69, 9.17) is 4.74 Å². The number of carbonyl (C=O) groups excluding carboxylic acids is 2. The zero-order chi connectivity index (χ0) is 26.0. The standard InChI is InChI=1S/C32H43NO4/c34-25-32(20-8-3-9-21-32)33-23-29(35)31(18-10-11-19-31)22-28(17-16-26-12-4-1-5-13-26)30(36)37-24-27-14-6-2-7-15-27/h1-2,4-7,12-15,28,33-34H,3,8-11,16-25H2. The lowest BCUT2D eigenvalue weighted by Gasteiger charge is -2.38. The van der Waals surface area contributed by atoms with Gasteiger partial charge in [-0.1, -0.05) is 92.8 Å². The van der Waals surface area contributed by atoms with Gasteiger partial charge >= 0.3 is 5.97 Å². The number of carbonyl (C=O) groups is 2. The van der Waals surface area contributed by atoms with Crippen molar-refractivity contribution in [2.45, 2.75) is 89.2 Å². The molecule has 0 spiro atoms. The Kier molecular flexibility index (Phi) is 9.93. The number of esters is 1. The molecule has 5 heteroatoms. The molecule has 2 aliphatic carbocycles. The van der Waals surface area contributed by atoms with E-state index in [1.807, 2.05) is 48.5 Å². The van der Waals surface area contributed by atoms with E-state index >= 15 is 0 Å².